The summed E-state index contributed by atoms with van der Waals surface area (Å²) in [5.41, 5.74) is 0.386. The van der Waals surface area contributed by atoms with Crippen LogP contribution in [0, 0.1) is 15.9 Å². The van der Waals surface area contributed by atoms with Crippen LogP contribution in [0.2, 0.25) is 0 Å². The Morgan fingerprint density at radius 3 is 2.78 bits per heavy atom. The second-order valence-electron chi connectivity index (χ2n) is 4.49. The number of carbonyl (C=O) groups is 1. The summed E-state index contributed by atoms with van der Waals surface area (Å²) in [6.45, 7) is -0.235. The zero-order valence-electron chi connectivity index (χ0n) is 11.7. The zero-order valence-corrected chi connectivity index (χ0v) is 13.3. The van der Waals surface area contributed by atoms with Crippen molar-refractivity contribution in [1.29, 1.82) is 0 Å². The van der Waals surface area contributed by atoms with Crippen LogP contribution in [0.15, 0.2) is 53.0 Å². The lowest BCUT2D eigenvalue weighted by atomic mass is 10.2. The summed E-state index contributed by atoms with van der Waals surface area (Å²) in [6.07, 6.45) is 2.35. The largest absolute Gasteiger partial charge is 0.457 e. The van der Waals surface area contributed by atoms with E-state index >= 15 is 0 Å². The summed E-state index contributed by atoms with van der Waals surface area (Å²) in [5, 5.41) is 10.9. The first-order chi connectivity index (χ1) is 11.0. The van der Waals surface area contributed by atoms with E-state index in [1.807, 2.05) is 0 Å². The first kappa shape index (κ1) is 16.8. The molecule has 23 heavy (non-hydrogen) atoms. The highest BCUT2D eigenvalue weighted by molar-refractivity contribution is 9.10. The van der Waals surface area contributed by atoms with Crippen molar-refractivity contribution in [2.45, 2.75) is 6.61 Å². The Morgan fingerprint density at radius 2 is 2.04 bits per heavy atom. The SMILES string of the molecule is O=C(/C=C/c1cc(Br)ccc1F)OCc1ccccc1[N+](=O)[O-]. The van der Waals surface area contributed by atoms with E-state index in [9.17, 15) is 19.3 Å². The van der Waals surface area contributed by atoms with Crippen molar-refractivity contribution >= 4 is 33.7 Å². The molecule has 0 aliphatic heterocycles. The van der Waals surface area contributed by atoms with Crippen LogP contribution in [-0.2, 0) is 16.1 Å². The molecule has 0 aromatic heterocycles. The van der Waals surface area contributed by atoms with E-state index in [-0.39, 0.29) is 23.4 Å². The second-order valence-corrected chi connectivity index (χ2v) is 5.41. The molecule has 0 N–H and O–H groups in total. The Morgan fingerprint density at radius 1 is 1.30 bits per heavy atom. The van der Waals surface area contributed by atoms with Gasteiger partial charge in [-0.3, -0.25) is 10.1 Å². The quantitative estimate of drug-likeness (QED) is 0.337. The maximum absolute atomic E-state index is 13.5. The van der Waals surface area contributed by atoms with Crippen LogP contribution < -0.4 is 0 Å². The standard InChI is InChI=1S/C16H11BrFNO4/c17-13-6-7-14(18)11(9-13)5-8-16(20)23-10-12-3-1-2-4-15(12)19(21)22/h1-9H,10H2/b8-5+. The van der Waals surface area contributed by atoms with Gasteiger partial charge in [0.2, 0.25) is 0 Å². The number of nitro benzene ring substituents is 1. The van der Waals surface area contributed by atoms with Crippen molar-refractivity contribution in [3.63, 3.8) is 0 Å². The number of esters is 1. The average Bonchev–Trinajstić information content (AvgIpc) is 2.54. The Hall–Kier alpha value is -2.54. The monoisotopic (exact) mass is 379 g/mol. The van der Waals surface area contributed by atoms with Gasteiger partial charge in [-0.25, -0.2) is 9.18 Å². The summed E-state index contributed by atoms with van der Waals surface area (Å²) < 4.78 is 19.1. The molecule has 5 nitrogen and oxygen atoms in total. The smallest absolute Gasteiger partial charge is 0.331 e. The number of nitro groups is 1. The van der Waals surface area contributed by atoms with Gasteiger partial charge in [-0.1, -0.05) is 28.1 Å². The Labute approximate surface area is 139 Å². The van der Waals surface area contributed by atoms with E-state index < -0.39 is 16.7 Å². The van der Waals surface area contributed by atoms with E-state index in [4.69, 9.17) is 4.74 Å². The summed E-state index contributed by atoms with van der Waals surface area (Å²) in [4.78, 5) is 22.0. The fourth-order valence-electron chi connectivity index (χ4n) is 1.81. The molecule has 0 saturated heterocycles. The molecular weight excluding hydrogens is 369 g/mol. The van der Waals surface area contributed by atoms with Gasteiger partial charge in [0.15, 0.2) is 0 Å². The van der Waals surface area contributed by atoms with E-state index in [0.717, 1.165) is 6.08 Å². The van der Waals surface area contributed by atoms with Crippen molar-refractivity contribution in [2.75, 3.05) is 0 Å². The summed E-state index contributed by atoms with van der Waals surface area (Å²) in [6, 6.07) is 10.3. The van der Waals surface area contributed by atoms with Gasteiger partial charge in [0, 0.05) is 22.2 Å². The molecule has 0 atom stereocenters. The number of nitrogens with zero attached hydrogens (tertiary/aromatic N) is 1. The summed E-state index contributed by atoms with van der Waals surface area (Å²) in [5.74, 6) is -1.20. The molecule has 0 spiro atoms. The van der Waals surface area contributed by atoms with E-state index in [0.29, 0.717) is 4.47 Å². The number of rotatable bonds is 5. The highest BCUT2D eigenvalue weighted by Crippen LogP contribution is 2.19. The molecule has 0 saturated carbocycles. The molecule has 0 fully saturated rings. The molecule has 0 bridgehead atoms. The van der Waals surface area contributed by atoms with Gasteiger partial charge < -0.3 is 4.74 Å². The minimum absolute atomic E-state index is 0.123. The Kier molecular flexibility index (Phi) is 5.59. The molecular formula is C16H11BrFNO4. The van der Waals surface area contributed by atoms with Crippen LogP contribution in [0.3, 0.4) is 0 Å². The van der Waals surface area contributed by atoms with Gasteiger partial charge in [-0.05, 0) is 30.3 Å². The molecule has 0 aliphatic rings. The Bertz CT molecular complexity index is 776. The first-order valence-electron chi connectivity index (χ1n) is 6.49. The van der Waals surface area contributed by atoms with Gasteiger partial charge >= 0.3 is 5.97 Å². The summed E-state index contributed by atoms with van der Waals surface area (Å²) >= 11 is 3.21. The molecule has 7 heteroatoms. The molecule has 0 aliphatic carbocycles. The van der Waals surface area contributed by atoms with Crippen LogP contribution in [0.4, 0.5) is 10.1 Å². The minimum Gasteiger partial charge on any atom is -0.457 e. The highest BCUT2D eigenvalue weighted by Gasteiger charge is 2.13. The Balaban J connectivity index is 2.02. The molecule has 0 unspecified atom stereocenters. The van der Waals surface area contributed by atoms with Gasteiger partial charge in [0.1, 0.15) is 12.4 Å². The molecule has 2 aromatic carbocycles. The lowest BCUT2D eigenvalue weighted by molar-refractivity contribution is -0.385. The van der Waals surface area contributed by atoms with Crippen LogP contribution in [-0.4, -0.2) is 10.9 Å². The minimum atomic E-state index is -0.720. The van der Waals surface area contributed by atoms with Gasteiger partial charge in [-0.15, -0.1) is 0 Å². The number of ether oxygens (including phenoxy) is 1. The normalized spacial score (nSPS) is 10.7. The average molecular weight is 380 g/mol. The molecule has 2 rings (SSSR count). The lowest BCUT2D eigenvalue weighted by Crippen LogP contribution is -2.03. The zero-order chi connectivity index (χ0) is 16.8. The maximum Gasteiger partial charge on any atom is 0.331 e. The second kappa shape index (κ2) is 7.64. The topological polar surface area (TPSA) is 69.4 Å². The van der Waals surface area contributed by atoms with Crippen molar-refractivity contribution in [3.8, 4) is 0 Å². The number of carbonyl (C=O) groups excluding carboxylic acids is 1. The van der Waals surface area contributed by atoms with Gasteiger partial charge in [-0.2, -0.15) is 0 Å². The van der Waals surface area contributed by atoms with Crippen LogP contribution >= 0.6 is 15.9 Å². The first-order valence-corrected chi connectivity index (χ1v) is 7.29. The third kappa shape index (κ3) is 4.72. The van der Waals surface area contributed by atoms with Gasteiger partial charge in [0.25, 0.3) is 5.69 Å². The van der Waals surface area contributed by atoms with Crippen molar-refractivity contribution < 1.29 is 18.8 Å². The van der Waals surface area contributed by atoms with Crippen LogP contribution in [0.5, 0.6) is 0 Å². The molecule has 2 aromatic rings. The third-order valence-electron chi connectivity index (χ3n) is 2.92. The van der Waals surface area contributed by atoms with Crippen LogP contribution in [0.1, 0.15) is 11.1 Å². The third-order valence-corrected chi connectivity index (χ3v) is 3.41. The van der Waals surface area contributed by atoms with Crippen molar-refractivity contribution in [1.82, 2.24) is 0 Å². The fraction of sp³-hybridized carbons (Fsp3) is 0.0625. The maximum atomic E-state index is 13.5. The molecule has 0 amide bonds. The number of halogens is 2. The number of para-hydroxylation sites is 1. The number of hydrogen-bond acceptors (Lipinski definition) is 4. The molecule has 0 radical (unpaired) electrons. The van der Waals surface area contributed by atoms with Crippen molar-refractivity contribution in [2.24, 2.45) is 0 Å². The fourth-order valence-corrected chi connectivity index (χ4v) is 2.19. The van der Waals surface area contributed by atoms with Crippen molar-refractivity contribution in [3.05, 3.63) is 80.1 Å². The number of benzene rings is 2. The number of hydrogen-bond donors (Lipinski definition) is 0. The van der Waals surface area contributed by atoms with Gasteiger partial charge in [0.05, 0.1) is 10.5 Å². The molecule has 118 valence electrons. The predicted octanol–water partition coefficient (Wildman–Crippen LogP) is 4.25. The molecule has 0 heterocycles. The highest BCUT2D eigenvalue weighted by atomic mass is 79.9. The van der Waals surface area contributed by atoms with E-state index in [1.165, 1.54) is 36.4 Å². The van der Waals surface area contributed by atoms with Crippen LogP contribution in [0.25, 0.3) is 6.08 Å². The predicted molar refractivity (Wildman–Crippen MR) is 86.0 cm³/mol. The van der Waals surface area contributed by atoms with E-state index in [1.54, 1.807) is 12.1 Å². The lowest BCUT2D eigenvalue weighted by Gasteiger charge is -2.03. The summed E-state index contributed by atoms with van der Waals surface area (Å²) in [7, 11) is 0. The van der Waals surface area contributed by atoms with E-state index in [2.05, 4.69) is 15.9 Å².